The number of carboxylic acid groups (broad SMARTS) is 1. The summed E-state index contributed by atoms with van der Waals surface area (Å²) < 4.78 is 1.37. The van der Waals surface area contributed by atoms with Gasteiger partial charge in [-0.3, -0.25) is 9.20 Å². The molecule has 0 aliphatic rings. The summed E-state index contributed by atoms with van der Waals surface area (Å²) in [4.78, 5) is 25.1. The minimum atomic E-state index is -1.21. The number of hydrogen-bond acceptors (Lipinski definition) is 3. The van der Waals surface area contributed by atoms with Crippen LogP contribution in [-0.2, 0) is 0 Å². The Labute approximate surface area is 124 Å². The summed E-state index contributed by atoms with van der Waals surface area (Å²) in [6.07, 6.45) is 1.58. The maximum atomic E-state index is 12.1. The molecule has 1 aromatic carbocycles. The summed E-state index contributed by atoms with van der Waals surface area (Å²) in [5.41, 5.74) is -0.0472. The summed E-state index contributed by atoms with van der Waals surface area (Å²) in [6.45, 7) is 0. The quantitative estimate of drug-likeness (QED) is 0.807. The number of aromatic carboxylic acids is 1. The van der Waals surface area contributed by atoms with Gasteiger partial charge in [-0.05, 0) is 30.3 Å². The highest BCUT2D eigenvalue weighted by molar-refractivity contribution is 7.99. The van der Waals surface area contributed by atoms with E-state index in [1.165, 1.54) is 22.2 Å². The van der Waals surface area contributed by atoms with Crippen molar-refractivity contribution in [1.29, 1.82) is 0 Å². The Balaban J connectivity index is 2.24. The van der Waals surface area contributed by atoms with E-state index in [9.17, 15) is 14.7 Å². The van der Waals surface area contributed by atoms with Gasteiger partial charge in [-0.1, -0.05) is 36.0 Å². The van der Waals surface area contributed by atoms with Crippen molar-refractivity contribution in [3.8, 4) is 0 Å². The number of rotatable bonds is 3. The van der Waals surface area contributed by atoms with Crippen LogP contribution in [0.1, 0.15) is 10.4 Å². The Morgan fingerprint density at radius 3 is 2.48 bits per heavy atom. The van der Waals surface area contributed by atoms with Crippen LogP contribution in [0.2, 0.25) is 0 Å². The van der Waals surface area contributed by atoms with Crippen LogP contribution in [0.15, 0.2) is 75.4 Å². The molecule has 0 atom stereocenters. The monoisotopic (exact) mass is 297 g/mol. The number of hydrogen-bond donors (Lipinski definition) is 1. The van der Waals surface area contributed by atoms with Gasteiger partial charge in [-0.25, -0.2) is 4.79 Å². The molecule has 5 heteroatoms. The molecule has 0 spiro atoms. The highest BCUT2D eigenvalue weighted by Gasteiger charge is 2.15. The first-order chi connectivity index (χ1) is 10.2. The van der Waals surface area contributed by atoms with Gasteiger partial charge in [0.1, 0.15) is 5.56 Å². The summed E-state index contributed by atoms with van der Waals surface area (Å²) >= 11 is 1.43. The molecule has 0 saturated heterocycles. The molecule has 2 aromatic heterocycles. The molecule has 104 valence electrons. The largest absolute Gasteiger partial charge is 0.477 e. The summed E-state index contributed by atoms with van der Waals surface area (Å²) in [5, 5.41) is 9.19. The number of fused-ring (bicyclic) bond motifs is 1. The minimum absolute atomic E-state index is 0.225. The van der Waals surface area contributed by atoms with Gasteiger partial charge in [-0.15, -0.1) is 0 Å². The Kier molecular flexibility index (Phi) is 3.50. The first-order valence-electron chi connectivity index (χ1n) is 6.27. The maximum absolute atomic E-state index is 12.1. The smallest absolute Gasteiger partial charge is 0.341 e. The van der Waals surface area contributed by atoms with Crippen molar-refractivity contribution in [1.82, 2.24) is 4.40 Å². The highest BCUT2D eigenvalue weighted by Crippen LogP contribution is 2.30. The van der Waals surface area contributed by atoms with Crippen molar-refractivity contribution < 1.29 is 9.90 Å². The maximum Gasteiger partial charge on any atom is 0.341 e. The van der Waals surface area contributed by atoms with Crippen molar-refractivity contribution in [2.24, 2.45) is 0 Å². The van der Waals surface area contributed by atoms with Gasteiger partial charge in [0.15, 0.2) is 0 Å². The highest BCUT2D eigenvalue weighted by atomic mass is 32.2. The van der Waals surface area contributed by atoms with Crippen molar-refractivity contribution in [3.63, 3.8) is 0 Å². The molecule has 0 amide bonds. The average molecular weight is 297 g/mol. The standard InChI is InChI=1S/C16H11NO3S/c18-15-12(16(19)20)10-14(13-8-4-5-9-17(13)15)21-11-6-2-1-3-7-11/h1-10H,(H,19,20). The van der Waals surface area contributed by atoms with Crippen molar-refractivity contribution in [2.45, 2.75) is 9.79 Å². The van der Waals surface area contributed by atoms with Crippen LogP contribution in [0.5, 0.6) is 0 Å². The Morgan fingerprint density at radius 1 is 1.05 bits per heavy atom. The van der Waals surface area contributed by atoms with E-state index in [2.05, 4.69) is 0 Å². The molecule has 1 N–H and O–H groups in total. The third-order valence-electron chi connectivity index (χ3n) is 3.04. The molecule has 0 aliphatic carbocycles. The zero-order valence-corrected chi connectivity index (χ0v) is 11.7. The van der Waals surface area contributed by atoms with E-state index >= 15 is 0 Å². The average Bonchev–Trinajstić information content (AvgIpc) is 2.51. The number of carboxylic acids is 1. The molecule has 0 saturated carbocycles. The second kappa shape index (κ2) is 5.46. The van der Waals surface area contributed by atoms with E-state index in [0.717, 1.165) is 9.79 Å². The zero-order chi connectivity index (χ0) is 14.8. The lowest BCUT2D eigenvalue weighted by Crippen LogP contribution is -2.22. The van der Waals surface area contributed by atoms with Crippen LogP contribution < -0.4 is 5.56 Å². The van der Waals surface area contributed by atoms with Crippen LogP contribution in [0.25, 0.3) is 5.52 Å². The van der Waals surface area contributed by atoms with Gasteiger partial charge < -0.3 is 5.11 Å². The second-order valence-corrected chi connectivity index (χ2v) is 5.52. The van der Waals surface area contributed by atoms with Crippen LogP contribution in [-0.4, -0.2) is 15.5 Å². The summed E-state index contributed by atoms with van der Waals surface area (Å²) in [6, 6.07) is 16.4. The molecule has 0 aliphatic heterocycles. The summed E-state index contributed by atoms with van der Waals surface area (Å²) in [5.74, 6) is -1.21. The zero-order valence-electron chi connectivity index (χ0n) is 10.9. The molecule has 0 bridgehead atoms. The fourth-order valence-corrected chi connectivity index (χ4v) is 3.06. The predicted molar refractivity (Wildman–Crippen MR) is 81.2 cm³/mol. The van der Waals surface area contributed by atoms with Gasteiger partial charge in [0, 0.05) is 16.0 Å². The molecule has 2 heterocycles. The topological polar surface area (TPSA) is 58.8 Å². The van der Waals surface area contributed by atoms with Gasteiger partial charge in [0.05, 0.1) is 5.52 Å². The number of nitrogens with zero attached hydrogens (tertiary/aromatic N) is 1. The van der Waals surface area contributed by atoms with Crippen molar-refractivity contribution in [3.05, 3.63) is 76.7 Å². The number of pyridine rings is 2. The molecule has 3 aromatic rings. The van der Waals surface area contributed by atoms with E-state index in [1.54, 1.807) is 18.3 Å². The molecule has 0 fully saturated rings. The lowest BCUT2D eigenvalue weighted by molar-refractivity contribution is 0.0694. The van der Waals surface area contributed by atoms with E-state index < -0.39 is 11.5 Å². The third-order valence-corrected chi connectivity index (χ3v) is 4.09. The summed E-state index contributed by atoms with van der Waals surface area (Å²) in [7, 11) is 0. The first kappa shape index (κ1) is 13.5. The molecule has 4 nitrogen and oxygen atoms in total. The first-order valence-corrected chi connectivity index (χ1v) is 7.09. The Bertz CT molecular complexity index is 872. The van der Waals surface area contributed by atoms with Gasteiger partial charge in [0.25, 0.3) is 5.56 Å². The molecule has 21 heavy (non-hydrogen) atoms. The fourth-order valence-electron chi connectivity index (χ4n) is 2.07. The van der Waals surface area contributed by atoms with Crippen molar-refractivity contribution >= 4 is 23.2 Å². The van der Waals surface area contributed by atoms with Gasteiger partial charge in [0.2, 0.25) is 0 Å². The minimum Gasteiger partial charge on any atom is -0.477 e. The Morgan fingerprint density at radius 2 is 1.76 bits per heavy atom. The number of carbonyl (C=O) groups is 1. The number of aromatic nitrogens is 1. The normalized spacial score (nSPS) is 10.7. The van der Waals surface area contributed by atoms with Crippen LogP contribution in [0.3, 0.4) is 0 Å². The Hall–Kier alpha value is -2.53. The third kappa shape index (κ3) is 2.55. The number of benzene rings is 1. The van der Waals surface area contributed by atoms with E-state index in [0.29, 0.717) is 5.52 Å². The lowest BCUT2D eigenvalue weighted by atomic mass is 10.2. The lowest BCUT2D eigenvalue weighted by Gasteiger charge is -2.09. The molecular formula is C16H11NO3S. The molecule has 0 unspecified atom stereocenters. The molecule has 3 rings (SSSR count). The molecular weight excluding hydrogens is 286 g/mol. The second-order valence-electron chi connectivity index (χ2n) is 4.40. The predicted octanol–water partition coefficient (Wildman–Crippen LogP) is 3.15. The van der Waals surface area contributed by atoms with Crippen LogP contribution >= 0.6 is 11.8 Å². The van der Waals surface area contributed by atoms with Gasteiger partial charge >= 0.3 is 5.97 Å². The van der Waals surface area contributed by atoms with E-state index in [-0.39, 0.29) is 5.56 Å². The van der Waals surface area contributed by atoms with Gasteiger partial charge in [-0.2, -0.15) is 0 Å². The van der Waals surface area contributed by atoms with Crippen molar-refractivity contribution in [2.75, 3.05) is 0 Å². The fraction of sp³-hybridized carbons (Fsp3) is 0. The SMILES string of the molecule is O=C(O)c1cc(Sc2ccccc2)c2ccccn2c1=O. The van der Waals surface area contributed by atoms with E-state index in [1.807, 2.05) is 36.4 Å². The van der Waals surface area contributed by atoms with Crippen LogP contribution in [0, 0.1) is 0 Å². The van der Waals surface area contributed by atoms with E-state index in [4.69, 9.17) is 0 Å². The van der Waals surface area contributed by atoms with Crippen LogP contribution in [0.4, 0.5) is 0 Å². The molecule has 0 radical (unpaired) electrons.